The molecule has 2 aromatic rings. The van der Waals surface area contributed by atoms with Gasteiger partial charge in [0.15, 0.2) is 0 Å². The average Bonchev–Trinajstić information content (AvgIpc) is 2.67. The summed E-state index contributed by atoms with van der Waals surface area (Å²) < 4.78 is 5.28. The van der Waals surface area contributed by atoms with Crippen molar-refractivity contribution < 1.29 is 9.53 Å². The van der Waals surface area contributed by atoms with Gasteiger partial charge in [0, 0.05) is 16.3 Å². The minimum absolute atomic E-state index is 0.0000227. The number of anilines is 1. The molecule has 0 fully saturated rings. The van der Waals surface area contributed by atoms with Crippen molar-refractivity contribution in [3.8, 4) is 5.75 Å². The second-order valence-electron chi connectivity index (χ2n) is 5.59. The van der Waals surface area contributed by atoms with Crippen LogP contribution in [0, 0.1) is 0 Å². The lowest BCUT2D eigenvalue weighted by Gasteiger charge is -2.32. The van der Waals surface area contributed by atoms with E-state index in [1.807, 2.05) is 44.2 Å². The highest BCUT2D eigenvalue weighted by Crippen LogP contribution is 2.43. The Hall–Kier alpha value is -2.00. The molecular formula is C17H16ClNO2. The third kappa shape index (κ3) is 2.09. The fourth-order valence-corrected chi connectivity index (χ4v) is 2.99. The second kappa shape index (κ2) is 4.78. The molecule has 4 heteroatoms. The van der Waals surface area contributed by atoms with Crippen LogP contribution >= 0.6 is 11.6 Å². The molecule has 1 amide bonds. The van der Waals surface area contributed by atoms with Crippen LogP contribution in [0.3, 0.4) is 0 Å². The summed E-state index contributed by atoms with van der Waals surface area (Å²) in [5.41, 5.74) is 2.09. The number of ether oxygens (including phenoxy) is 1. The van der Waals surface area contributed by atoms with Gasteiger partial charge in [0.05, 0.1) is 12.6 Å². The van der Waals surface area contributed by atoms with E-state index in [4.69, 9.17) is 16.3 Å². The van der Waals surface area contributed by atoms with E-state index in [2.05, 4.69) is 0 Å². The number of hydrogen-bond donors (Lipinski definition) is 0. The molecule has 0 aliphatic carbocycles. The quantitative estimate of drug-likeness (QED) is 0.830. The largest absolute Gasteiger partial charge is 0.497 e. The van der Waals surface area contributed by atoms with Gasteiger partial charge < -0.3 is 4.74 Å². The topological polar surface area (TPSA) is 29.5 Å². The van der Waals surface area contributed by atoms with Crippen molar-refractivity contribution in [2.45, 2.75) is 19.4 Å². The van der Waals surface area contributed by atoms with Crippen LogP contribution in [-0.2, 0) is 5.54 Å². The molecule has 21 heavy (non-hydrogen) atoms. The number of amides is 1. The van der Waals surface area contributed by atoms with Gasteiger partial charge >= 0.3 is 0 Å². The predicted molar refractivity (Wildman–Crippen MR) is 84.3 cm³/mol. The Labute approximate surface area is 129 Å². The summed E-state index contributed by atoms with van der Waals surface area (Å²) in [4.78, 5) is 14.5. The molecule has 0 bridgehead atoms. The summed E-state index contributed by atoms with van der Waals surface area (Å²) in [6, 6.07) is 12.9. The van der Waals surface area contributed by atoms with Crippen LogP contribution in [0.2, 0.25) is 5.02 Å². The van der Waals surface area contributed by atoms with Crippen molar-refractivity contribution >= 4 is 23.2 Å². The van der Waals surface area contributed by atoms with E-state index >= 15 is 0 Å². The molecule has 0 saturated heterocycles. The summed E-state index contributed by atoms with van der Waals surface area (Å²) in [5.74, 6) is 0.757. The van der Waals surface area contributed by atoms with E-state index in [1.165, 1.54) is 0 Å². The Balaban J connectivity index is 2.13. The highest BCUT2D eigenvalue weighted by Gasteiger charge is 2.43. The van der Waals surface area contributed by atoms with Gasteiger partial charge in [0.25, 0.3) is 5.91 Å². The summed E-state index contributed by atoms with van der Waals surface area (Å²) in [6.07, 6.45) is 0. The van der Waals surface area contributed by atoms with Crippen molar-refractivity contribution in [2.24, 2.45) is 0 Å². The van der Waals surface area contributed by atoms with Crippen LogP contribution in [0.15, 0.2) is 42.5 Å². The number of hydrogen-bond acceptors (Lipinski definition) is 2. The Morgan fingerprint density at radius 1 is 1.10 bits per heavy atom. The highest BCUT2D eigenvalue weighted by molar-refractivity contribution is 6.30. The maximum absolute atomic E-state index is 12.7. The first-order chi connectivity index (χ1) is 9.95. The van der Waals surface area contributed by atoms with Crippen molar-refractivity contribution in [3.05, 3.63) is 58.6 Å². The normalized spacial score (nSPS) is 16.0. The summed E-state index contributed by atoms with van der Waals surface area (Å²) in [7, 11) is 1.63. The van der Waals surface area contributed by atoms with E-state index in [0.29, 0.717) is 5.02 Å². The summed E-state index contributed by atoms with van der Waals surface area (Å²) in [6.45, 7) is 4.07. The van der Waals surface area contributed by atoms with Gasteiger partial charge in [-0.2, -0.15) is 0 Å². The van der Waals surface area contributed by atoms with Gasteiger partial charge in [-0.1, -0.05) is 11.6 Å². The van der Waals surface area contributed by atoms with Gasteiger partial charge in [-0.15, -0.1) is 0 Å². The lowest BCUT2D eigenvalue weighted by Crippen LogP contribution is -2.39. The molecule has 0 saturated carbocycles. The molecular weight excluding hydrogens is 286 g/mol. The van der Waals surface area contributed by atoms with E-state index in [9.17, 15) is 4.79 Å². The molecule has 1 heterocycles. The molecule has 0 unspecified atom stereocenters. The minimum Gasteiger partial charge on any atom is -0.497 e. The van der Waals surface area contributed by atoms with E-state index in [1.54, 1.807) is 24.1 Å². The third-order valence-corrected chi connectivity index (χ3v) is 4.22. The molecule has 0 atom stereocenters. The number of fused-ring (bicyclic) bond motifs is 1. The van der Waals surface area contributed by atoms with Crippen LogP contribution < -0.4 is 9.64 Å². The van der Waals surface area contributed by atoms with Crippen LogP contribution in [-0.4, -0.2) is 13.0 Å². The van der Waals surface area contributed by atoms with Gasteiger partial charge in [-0.3, -0.25) is 9.69 Å². The van der Waals surface area contributed by atoms with Gasteiger partial charge in [-0.05, 0) is 61.9 Å². The first-order valence-electron chi connectivity index (χ1n) is 6.74. The van der Waals surface area contributed by atoms with Crippen LogP contribution in [0.1, 0.15) is 29.8 Å². The number of methoxy groups -OCH3 is 1. The minimum atomic E-state index is -0.436. The summed E-state index contributed by atoms with van der Waals surface area (Å²) >= 11 is 5.93. The van der Waals surface area contributed by atoms with Crippen molar-refractivity contribution in [1.29, 1.82) is 0 Å². The molecule has 0 N–H and O–H groups in total. The Kier molecular flexibility index (Phi) is 3.18. The highest BCUT2D eigenvalue weighted by atomic mass is 35.5. The van der Waals surface area contributed by atoms with Gasteiger partial charge in [0.1, 0.15) is 5.75 Å². The molecule has 0 spiro atoms. The SMILES string of the molecule is COc1ccc2c(c1)C(C)(C)N(c1ccc(Cl)cc1)C2=O. The van der Waals surface area contributed by atoms with Crippen molar-refractivity contribution in [3.63, 3.8) is 0 Å². The van der Waals surface area contributed by atoms with E-state index in [0.717, 1.165) is 22.6 Å². The number of benzene rings is 2. The molecule has 1 aliphatic rings. The maximum atomic E-state index is 12.7. The molecule has 0 aromatic heterocycles. The molecule has 3 rings (SSSR count). The Morgan fingerprint density at radius 2 is 1.76 bits per heavy atom. The van der Waals surface area contributed by atoms with Crippen LogP contribution in [0.25, 0.3) is 0 Å². The van der Waals surface area contributed by atoms with E-state index in [-0.39, 0.29) is 5.91 Å². The van der Waals surface area contributed by atoms with Gasteiger partial charge in [-0.25, -0.2) is 0 Å². The second-order valence-corrected chi connectivity index (χ2v) is 6.02. The smallest absolute Gasteiger partial charge is 0.259 e. The molecule has 108 valence electrons. The monoisotopic (exact) mass is 301 g/mol. The fourth-order valence-electron chi connectivity index (χ4n) is 2.87. The number of rotatable bonds is 2. The summed E-state index contributed by atoms with van der Waals surface area (Å²) in [5, 5.41) is 0.655. The number of nitrogens with zero attached hydrogens (tertiary/aromatic N) is 1. The first-order valence-corrected chi connectivity index (χ1v) is 7.11. The lowest BCUT2D eigenvalue weighted by molar-refractivity contribution is 0.0982. The van der Waals surface area contributed by atoms with Crippen LogP contribution in [0.4, 0.5) is 5.69 Å². The molecule has 3 nitrogen and oxygen atoms in total. The van der Waals surface area contributed by atoms with Crippen molar-refractivity contribution in [1.82, 2.24) is 0 Å². The zero-order valence-electron chi connectivity index (χ0n) is 12.2. The van der Waals surface area contributed by atoms with Gasteiger partial charge in [0.2, 0.25) is 0 Å². The zero-order chi connectivity index (χ0) is 15.2. The Bertz CT molecular complexity index is 707. The third-order valence-electron chi connectivity index (χ3n) is 3.96. The standard InChI is InChI=1S/C17H16ClNO2/c1-17(2)15-10-13(21-3)8-9-14(15)16(20)19(17)12-6-4-11(18)5-7-12/h4-10H,1-3H3. The van der Waals surface area contributed by atoms with Crippen molar-refractivity contribution in [2.75, 3.05) is 12.0 Å². The number of halogens is 1. The Morgan fingerprint density at radius 3 is 2.38 bits per heavy atom. The maximum Gasteiger partial charge on any atom is 0.259 e. The lowest BCUT2D eigenvalue weighted by atomic mass is 9.93. The predicted octanol–water partition coefficient (Wildman–Crippen LogP) is 4.24. The number of carbonyl (C=O) groups excluding carboxylic acids is 1. The molecule has 2 aromatic carbocycles. The average molecular weight is 302 g/mol. The zero-order valence-corrected chi connectivity index (χ0v) is 12.9. The van der Waals surface area contributed by atoms with E-state index < -0.39 is 5.54 Å². The molecule has 0 radical (unpaired) electrons. The van der Waals surface area contributed by atoms with Crippen LogP contribution in [0.5, 0.6) is 5.75 Å². The molecule has 1 aliphatic heterocycles. The number of carbonyl (C=O) groups is 1. The fraction of sp³-hybridized carbons (Fsp3) is 0.235. The first kappa shape index (κ1) is 14.0.